The van der Waals surface area contributed by atoms with Gasteiger partial charge in [0.1, 0.15) is 4.90 Å². The Bertz CT molecular complexity index is 584. The lowest BCUT2D eigenvalue weighted by Gasteiger charge is -2.16. The zero-order valence-electron chi connectivity index (χ0n) is 11.6. The summed E-state index contributed by atoms with van der Waals surface area (Å²) in [6.45, 7) is 0.485. The SMILES string of the molecule is CN(C)S(=O)(=O)c1cccc(NCCCC(N)=O)c1N. The maximum Gasteiger partial charge on any atom is 0.244 e. The van der Waals surface area contributed by atoms with Gasteiger partial charge in [0.2, 0.25) is 15.9 Å². The van der Waals surface area contributed by atoms with Gasteiger partial charge in [0.15, 0.2) is 0 Å². The van der Waals surface area contributed by atoms with Crippen molar-refractivity contribution in [2.45, 2.75) is 17.7 Å². The van der Waals surface area contributed by atoms with Crippen molar-refractivity contribution < 1.29 is 13.2 Å². The molecule has 7 nitrogen and oxygen atoms in total. The van der Waals surface area contributed by atoms with Gasteiger partial charge in [0.05, 0.1) is 11.4 Å². The molecule has 0 bridgehead atoms. The molecule has 0 saturated carbocycles. The fraction of sp³-hybridized carbons (Fsp3) is 0.417. The molecular formula is C12H20N4O3S. The maximum atomic E-state index is 12.1. The molecule has 0 aliphatic heterocycles. The van der Waals surface area contributed by atoms with Crippen molar-refractivity contribution in [1.82, 2.24) is 4.31 Å². The first-order chi connectivity index (χ1) is 9.26. The van der Waals surface area contributed by atoms with Gasteiger partial charge in [-0.05, 0) is 18.6 Å². The Balaban J connectivity index is 2.88. The number of nitrogens with zero attached hydrogens (tertiary/aromatic N) is 1. The van der Waals surface area contributed by atoms with Gasteiger partial charge >= 0.3 is 0 Å². The number of carbonyl (C=O) groups excluding carboxylic acids is 1. The lowest BCUT2D eigenvalue weighted by Crippen LogP contribution is -2.23. The number of rotatable bonds is 7. The summed E-state index contributed by atoms with van der Waals surface area (Å²) >= 11 is 0. The molecule has 1 aromatic carbocycles. The van der Waals surface area contributed by atoms with Gasteiger partial charge in [-0.25, -0.2) is 12.7 Å². The van der Waals surface area contributed by atoms with E-state index in [-0.39, 0.29) is 22.9 Å². The highest BCUT2D eigenvalue weighted by atomic mass is 32.2. The zero-order chi connectivity index (χ0) is 15.3. The van der Waals surface area contributed by atoms with Crippen molar-refractivity contribution >= 4 is 27.3 Å². The maximum absolute atomic E-state index is 12.1. The summed E-state index contributed by atoms with van der Waals surface area (Å²) in [7, 11) is -0.688. The molecule has 1 rings (SSSR count). The molecule has 1 amide bonds. The molecule has 0 aliphatic carbocycles. The molecule has 0 atom stereocenters. The summed E-state index contributed by atoms with van der Waals surface area (Å²) in [6, 6.07) is 4.76. The van der Waals surface area contributed by atoms with Crippen LogP contribution in [0.5, 0.6) is 0 Å². The highest BCUT2D eigenvalue weighted by Gasteiger charge is 2.21. The topological polar surface area (TPSA) is 119 Å². The van der Waals surface area contributed by atoms with Crippen LogP contribution in [0.25, 0.3) is 0 Å². The molecule has 0 spiro atoms. The fourth-order valence-corrected chi connectivity index (χ4v) is 2.64. The summed E-state index contributed by atoms with van der Waals surface area (Å²) in [4.78, 5) is 10.7. The van der Waals surface area contributed by atoms with Gasteiger partial charge in [0.25, 0.3) is 0 Å². The summed E-state index contributed by atoms with van der Waals surface area (Å²) in [5.74, 6) is -0.372. The van der Waals surface area contributed by atoms with Crippen LogP contribution in [0.15, 0.2) is 23.1 Å². The molecule has 20 heavy (non-hydrogen) atoms. The van der Waals surface area contributed by atoms with Crippen LogP contribution in [0.4, 0.5) is 11.4 Å². The number of carbonyl (C=O) groups is 1. The first-order valence-electron chi connectivity index (χ1n) is 6.10. The molecule has 112 valence electrons. The number of hydrogen-bond acceptors (Lipinski definition) is 5. The van der Waals surface area contributed by atoms with Gasteiger partial charge in [-0.15, -0.1) is 0 Å². The minimum atomic E-state index is -3.58. The third kappa shape index (κ3) is 3.84. The van der Waals surface area contributed by atoms with Crippen molar-refractivity contribution in [2.24, 2.45) is 5.73 Å². The second-order valence-corrected chi connectivity index (χ2v) is 6.62. The molecule has 0 fully saturated rings. The quantitative estimate of drug-likeness (QED) is 0.491. The van der Waals surface area contributed by atoms with E-state index in [4.69, 9.17) is 11.5 Å². The van der Waals surface area contributed by atoms with Crippen molar-refractivity contribution in [1.29, 1.82) is 0 Å². The monoisotopic (exact) mass is 300 g/mol. The van der Waals surface area contributed by atoms with Crippen LogP contribution < -0.4 is 16.8 Å². The summed E-state index contributed by atoms with van der Waals surface area (Å²) < 4.78 is 25.3. The highest BCUT2D eigenvalue weighted by molar-refractivity contribution is 7.89. The Kier molecular flexibility index (Phi) is 5.34. The third-order valence-corrected chi connectivity index (χ3v) is 4.61. The normalized spacial score (nSPS) is 11.6. The number of amides is 1. The van der Waals surface area contributed by atoms with Gasteiger partial charge in [-0.3, -0.25) is 4.79 Å². The Labute approximate surface area is 119 Å². The Morgan fingerprint density at radius 2 is 2.00 bits per heavy atom. The molecule has 0 unspecified atom stereocenters. The van der Waals surface area contributed by atoms with Crippen molar-refractivity contribution in [3.8, 4) is 0 Å². The van der Waals surface area contributed by atoms with Gasteiger partial charge in [0, 0.05) is 27.1 Å². The number of nitrogens with one attached hydrogen (secondary N) is 1. The van der Waals surface area contributed by atoms with Crippen LogP contribution in [0.2, 0.25) is 0 Å². The Morgan fingerprint density at radius 1 is 1.35 bits per heavy atom. The van der Waals surface area contributed by atoms with E-state index in [0.29, 0.717) is 18.7 Å². The minimum Gasteiger partial charge on any atom is -0.396 e. The van der Waals surface area contributed by atoms with Crippen molar-refractivity contribution in [2.75, 3.05) is 31.7 Å². The van der Waals surface area contributed by atoms with Crippen LogP contribution in [0.1, 0.15) is 12.8 Å². The number of anilines is 2. The number of sulfonamides is 1. The predicted octanol–water partition coefficient (Wildman–Crippen LogP) is 0.197. The summed E-state index contributed by atoms with van der Waals surface area (Å²) in [5, 5.41) is 3.00. The van der Waals surface area contributed by atoms with E-state index in [1.54, 1.807) is 12.1 Å². The molecule has 5 N–H and O–H groups in total. The van der Waals surface area contributed by atoms with E-state index in [0.717, 1.165) is 4.31 Å². The van der Waals surface area contributed by atoms with E-state index < -0.39 is 10.0 Å². The van der Waals surface area contributed by atoms with E-state index in [1.807, 2.05) is 0 Å². The molecular weight excluding hydrogens is 280 g/mol. The van der Waals surface area contributed by atoms with E-state index in [1.165, 1.54) is 20.2 Å². The van der Waals surface area contributed by atoms with Crippen LogP contribution >= 0.6 is 0 Å². The fourth-order valence-electron chi connectivity index (χ4n) is 1.61. The number of para-hydroxylation sites is 1. The number of nitrogens with two attached hydrogens (primary N) is 2. The Hall–Kier alpha value is -1.80. The molecule has 0 saturated heterocycles. The molecule has 8 heteroatoms. The van der Waals surface area contributed by atoms with Crippen LogP contribution in [-0.4, -0.2) is 39.3 Å². The second kappa shape index (κ2) is 6.58. The number of nitrogen functional groups attached to an aromatic ring is 1. The van der Waals surface area contributed by atoms with E-state index in [2.05, 4.69) is 5.32 Å². The van der Waals surface area contributed by atoms with Crippen LogP contribution in [0.3, 0.4) is 0 Å². The van der Waals surface area contributed by atoms with E-state index in [9.17, 15) is 13.2 Å². The molecule has 0 aliphatic rings. The van der Waals surface area contributed by atoms with E-state index >= 15 is 0 Å². The third-order valence-electron chi connectivity index (χ3n) is 2.74. The molecule has 0 aromatic heterocycles. The summed E-state index contributed by atoms with van der Waals surface area (Å²) in [5.41, 5.74) is 11.6. The number of benzene rings is 1. The van der Waals surface area contributed by atoms with Crippen molar-refractivity contribution in [3.05, 3.63) is 18.2 Å². The molecule has 0 radical (unpaired) electrons. The number of hydrogen-bond donors (Lipinski definition) is 3. The smallest absolute Gasteiger partial charge is 0.244 e. The first kappa shape index (κ1) is 16.3. The van der Waals surface area contributed by atoms with Gasteiger partial charge in [-0.2, -0.15) is 0 Å². The van der Waals surface area contributed by atoms with Gasteiger partial charge < -0.3 is 16.8 Å². The standard InChI is InChI=1S/C12H20N4O3S/c1-16(2)20(18,19)10-6-3-5-9(12(10)14)15-8-4-7-11(13)17/h3,5-6,15H,4,7-8,14H2,1-2H3,(H2,13,17). The highest BCUT2D eigenvalue weighted by Crippen LogP contribution is 2.28. The largest absolute Gasteiger partial charge is 0.396 e. The molecule has 0 heterocycles. The lowest BCUT2D eigenvalue weighted by molar-refractivity contribution is -0.118. The zero-order valence-corrected chi connectivity index (χ0v) is 12.4. The average Bonchev–Trinajstić information content (AvgIpc) is 2.35. The average molecular weight is 300 g/mol. The minimum absolute atomic E-state index is 0.0578. The number of primary amides is 1. The lowest BCUT2D eigenvalue weighted by atomic mass is 10.2. The second-order valence-electron chi connectivity index (χ2n) is 4.50. The van der Waals surface area contributed by atoms with Crippen molar-refractivity contribution in [3.63, 3.8) is 0 Å². The predicted molar refractivity (Wildman–Crippen MR) is 78.6 cm³/mol. The van der Waals surface area contributed by atoms with Gasteiger partial charge in [-0.1, -0.05) is 6.07 Å². The Morgan fingerprint density at radius 3 is 2.55 bits per heavy atom. The summed E-state index contributed by atoms with van der Waals surface area (Å²) in [6.07, 6.45) is 0.821. The molecule has 1 aromatic rings. The first-order valence-corrected chi connectivity index (χ1v) is 7.54. The van der Waals surface area contributed by atoms with Crippen LogP contribution in [0, 0.1) is 0 Å². The van der Waals surface area contributed by atoms with Crippen LogP contribution in [-0.2, 0) is 14.8 Å².